The molecule has 5 aromatic rings. The van der Waals surface area contributed by atoms with Crippen LogP contribution in [0.1, 0.15) is 31.3 Å². The van der Waals surface area contributed by atoms with Crippen LogP contribution in [-0.2, 0) is 0 Å². The molecule has 35 heavy (non-hydrogen) atoms. The Morgan fingerprint density at radius 2 is 1.46 bits per heavy atom. The van der Waals surface area contributed by atoms with Gasteiger partial charge in [-0.3, -0.25) is 25.2 Å². The number of anilines is 1. The first-order chi connectivity index (χ1) is 17.1. The number of aromatic nitrogens is 1. The summed E-state index contributed by atoms with van der Waals surface area (Å²) in [5.41, 5.74) is 7.08. The maximum atomic E-state index is 13.0. The summed E-state index contributed by atoms with van der Waals surface area (Å²) in [6, 6.07) is 21.7. The number of hydrazine groups is 1. The smallest absolute Gasteiger partial charge is 0.291 e. The average molecular weight is 466 g/mol. The maximum Gasteiger partial charge on any atom is 0.291 e. The number of carbonyl (C=O) groups excluding carboxylic acids is 3. The van der Waals surface area contributed by atoms with Crippen LogP contribution >= 0.6 is 0 Å². The van der Waals surface area contributed by atoms with Crippen molar-refractivity contribution in [3.05, 3.63) is 108 Å². The van der Waals surface area contributed by atoms with E-state index in [1.807, 2.05) is 6.07 Å². The van der Waals surface area contributed by atoms with E-state index in [0.717, 1.165) is 0 Å². The number of rotatable bonds is 5. The van der Waals surface area contributed by atoms with Gasteiger partial charge < -0.3 is 14.2 Å². The zero-order valence-corrected chi connectivity index (χ0v) is 18.1. The van der Waals surface area contributed by atoms with Crippen molar-refractivity contribution < 1.29 is 23.2 Å². The summed E-state index contributed by atoms with van der Waals surface area (Å²) in [6.07, 6.45) is 2.93. The van der Waals surface area contributed by atoms with Gasteiger partial charge in [-0.25, -0.2) is 4.98 Å². The highest BCUT2D eigenvalue weighted by Crippen LogP contribution is 2.25. The van der Waals surface area contributed by atoms with Crippen LogP contribution in [0.2, 0.25) is 0 Å². The Balaban J connectivity index is 1.28. The van der Waals surface area contributed by atoms with E-state index < -0.39 is 17.7 Å². The van der Waals surface area contributed by atoms with E-state index in [2.05, 4.69) is 21.2 Å². The summed E-state index contributed by atoms with van der Waals surface area (Å²) < 4.78 is 10.5. The lowest BCUT2D eigenvalue weighted by Gasteiger charge is -2.11. The number of benzene rings is 2. The molecule has 5 rings (SSSR count). The van der Waals surface area contributed by atoms with Crippen molar-refractivity contribution in [3.8, 4) is 11.5 Å². The van der Waals surface area contributed by atoms with Crippen LogP contribution in [0.4, 0.5) is 5.69 Å². The Morgan fingerprint density at radius 3 is 2.20 bits per heavy atom. The van der Waals surface area contributed by atoms with Gasteiger partial charge in [0.15, 0.2) is 11.5 Å². The molecule has 0 aliphatic carbocycles. The summed E-state index contributed by atoms with van der Waals surface area (Å²) in [6.45, 7) is 0. The molecule has 172 valence electrons. The minimum absolute atomic E-state index is 0.174. The van der Waals surface area contributed by atoms with Crippen molar-refractivity contribution in [1.29, 1.82) is 0 Å². The molecule has 3 heterocycles. The predicted octanol–water partition coefficient (Wildman–Crippen LogP) is 4.41. The summed E-state index contributed by atoms with van der Waals surface area (Å²) in [5.74, 6) is -0.738. The van der Waals surface area contributed by atoms with E-state index in [1.54, 1.807) is 60.7 Å². The van der Waals surface area contributed by atoms with Crippen LogP contribution in [0, 0.1) is 0 Å². The van der Waals surface area contributed by atoms with Crippen LogP contribution in [0.5, 0.6) is 0 Å². The van der Waals surface area contributed by atoms with E-state index in [9.17, 15) is 14.4 Å². The van der Waals surface area contributed by atoms with Crippen molar-refractivity contribution >= 4 is 34.3 Å². The molecule has 3 aromatic heterocycles. The average Bonchev–Trinajstić information content (AvgIpc) is 3.62. The molecule has 0 bridgehead atoms. The van der Waals surface area contributed by atoms with Gasteiger partial charge in [0.25, 0.3) is 17.7 Å². The Bertz CT molecular complexity index is 1510. The predicted molar refractivity (Wildman–Crippen MR) is 127 cm³/mol. The number of nitrogens with one attached hydrogen (secondary N) is 3. The standard InChI is InChI=1S/C26H18N4O5/c31-24(16-9-11-17(12-10-16)27-26(33)23-8-4-14-35-23)29-30-25(32)19-15-21(22-7-3-13-34-22)28-20-6-2-1-5-18(19)20/h1-15H,(H,27,33)(H,29,31)(H,30,32). The topological polar surface area (TPSA) is 126 Å². The molecule has 2 aromatic carbocycles. The lowest BCUT2D eigenvalue weighted by molar-refractivity contribution is 0.0847. The summed E-state index contributed by atoms with van der Waals surface area (Å²) in [5, 5.41) is 3.30. The van der Waals surface area contributed by atoms with Crippen molar-refractivity contribution in [2.45, 2.75) is 0 Å². The van der Waals surface area contributed by atoms with Crippen molar-refractivity contribution in [3.63, 3.8) is 0 Å². The summed E-state index contributed by atoms with van der Waals surface area (Å²) in [7, 11) is 0. The third-order valence-electron chi connectivity index (χ3n) is 5.17. The first-order valence-electron chi connectivity index (χ1n) is 10.6. The molecule has 0 saturated carbocycles. The molecule has 0 fully saturated rings. The lowest BCUT2D eigenvalue weighted by Crippen LogP contribution is -2.41. The molecular weight excluding hydrogens is 448 g/mol. The summed E-state index contributed by atoms with van der Waals surface area (Å²) in [4.78, 5) is 42.1. The highest BCUT2D eigenvalue weighted by molar-refractivity contribution is 6.08. The zero-order chi connectivity index (χ0) is 24.2. The number of furan rings is 2. The number of fused-ring (bicyclic) bond motifs is 1. The van der Waals surface area contributed by atoms with Gasteiger partial charge >= 0.3 is 0 Å². The Labute approximate surface area is 198 Å². The molecule has 0 unspecified atom stereocenters. The van der Waals surface area contributed by atoms with Crippen LogP contribution < -0.4 is 16.2 Å². The Hall–Kier alpha value is -5.18. The van der Waals surface area contributed by atoms with Gasteiger partial charge in [-0.2, -0.15) is 0 Å². The van der Waals surface area contributed by atoms with Crippen LogP contribution in [0.3, 0.4) is 0 Å². The van der Waals surface area contributed by atoms with Gasteiger partial charge in [0.1, 0.15) is 5.69 Å². The number of carbonyl (C=O) groups is 3. The summed E-state index contributed by atoms with van der Waals surface area (Å²) >= 11 is 0. The van der Waals surface area contributed by atoms with E-state index in [4.69, 9.17) is 8.83 Å². The number of nitrogens with zero attached hydrogens (tertiary/aromatic N) is 1. The first-order valence-corrected chi connectivity index (χ1v) is 10.6. The minimum atomic E-state index is -0.521. The van der Waals surface area contributed by atoms with Crippen molar-refractivity contribution in [2.24, 2.45) is 0 Å². The van der Waals surface area contributed by atoms with E-state index in [1.165, 1.54) is 24.7 Å². The molecule has 0 saturated heterocycles. The molecule has 0 atom stereocenters. The number of para-hydroxylation sites is 1. The van der Waals surface area contributed by atoms with Gasteiger partial charge in [0.2, 0.25) is 0 Å². The Kier molecular flexibility index (Phi) is 5.79. The number of hydrogen-bond acceptors (Lipinski definition) is 6. The quantitative estimate of drug-likeness (QED) is 0.329. The molecular formula is C26H18N4O5. The Morgan fingerprint density at radius 1 is 0.714 bits per heavy atom. The van der Waals surface area contributed by atoms with Gasteiger partial charge in [-0.05, 0) is 60.7 Å². The van der Waals surface area contributed by atoms with E-state index in [0.29, 0.717) is 33.6 Å². The lowest BCUT2D eigenvalue weighted by atomic mass is 10.1. The van der Waals surface area contributed by atoms with Crippen molar-refractivity contribution in [1.82, 2.24) is 15.8 Å². The number of amides is 3. The third-order valence-corrected chi connectivity index (χ3v) is 5.17. The van der Waals surface area contributed by atoms with Crippen LogP contribution in [-0.4, -0.2) is 22.7 Å². The fourth-order valence-corrected chi connectivity index (χ4v) is 3.47. The van der Waals surface area contributed by atoms with Crippen molar-refractivity contribution in [2.75, 3.05) is 5.32 Å². The molecule has 9 heteroatoms. The molecule has 0 aliphatic rings. The zero-order valence-electron chi connectivity index (χ0n) is 18.1. The molecule has 0 radical (unpaired) electrons. The SMILES string of the molecule is O=C(NNC(=O)c1cc(-c2ccco2)nc2ccccc12)c1ccc(NC(=O)c2ccco2)cc1. The van der Waals surface area contributed by atoms with Gasteiger partial charge in [-0.15, -0.1) is 0 Å². The first kappa shape index (κ1) is 21.7. The fourth-order valence-electron chi connectivity index (χ4n) is 3.47. The molecule has 3 amide bonds. The second-order valence-corrected chi connectivity index (χ2v) is 7.47. The highest BCUT2D eigenvalue weighted by Gasteiger charge is 2.16. The minimum Gasteiger partial charge on any atom is -0.463 e. The van der Waals surface area contributed by atoms with Gasteiger partial charge in [-0.1, -0.05) is 18.2 Å². The second-order valence-electron chi connectivity index (χ2n) is 7.47. The van der Waals surface area contributed by atoms with Gasteiger partial charge in [0, 0.05) is 16.6 Å². The number of pyridine rings is 1. The van der Waals surface area contributed by atoms with E-state index >= 15 is 0 Å². The van der Waals surface area contributed by atoms with E-state index in [-0.39, 0.29) is 11.3 Å². The van der Waals surface area contributed by atoms with Gasteiger partial charge in [0.05, 0.1) is 23.6 Å². The second kappa shape index (κ2) is 9.36. The molecule has 0 spiro atoms. The molecule has 0 aliphatic heterocycles. The highest BCUT2D eigenvalue weighted by atomic mass is 16.3. The van der Waals surface area contributed by atoms with Crippen LogP contribution in [0.25, 0.3) is 22.4 Å². The maximum absolute atomic E-state index is 13.0. The fraction of sp³-hybridized carbons (Fsp3) is 0. The molecule has 9 nitrogen and oxygen atoms in total. The largest absolute Gasteiger partial charge is 0.463 e. The normalized spacial score (nSPS) is 10.6. The molecule has 3 N–H and O–H groups in total. The van der Waals surface area contributed by atoms with Crippen LogP contribution in [0.15, 0.2) is 100 Å². The monoisotopic (exact) mass is 466 g/mol. The third kappa shape index (κ3) is 4.64. The number of hydrogen-bond donors (Lipinski definition) is 3.